The van der Waals surface area contributed by atoms with E-state index in [0.29, 0.717) is 5.54 Å². The zero-order valence-electron chi connectivity index (χ0n) is 13.9. The van der Waals surface area contributed by atoms with E-state index >= 15 is 0 Å². The highest BCUT2D eigenvalue weighted by Gasteiger charge is 2.35. The Morgan fingerprint density at radius 3 is 2.50 bits per heavy atom. The monoisotopic (exact) mass is 280 g/mol. The Balaban J connectivity index is 1.62. The maximum absolute atomic E-state index is 3.87. The average Bonchev–Trinajstić information content (AvgIpc) is 2.76. The molecule has 0 bridgehead atoms. The van der Waals surface area contributed by atoms with Gasteiger partial charge in [0.2, 0.25) is 0 Å². The van der Waals surface area contributed by atoms with Crippen molar-refractivity contribution in [3.8, 4) is 0 Å². The molecule has 118 valence electrons. The highest BCUT2D eigenvalue weighted by Crippen LogP contribution is 2.31. The van der Waals surface area contributed by atoms with Crippen molar-refractivity contribution in [3.63, 3.8) is 0 Å². The number of hydrogen-bond donors (Lipinski definition) is 1. The minimum absolute atomic E-state index is 0.494. The van der Waals surface area contributed by atoms with Crippen molar-refractivity contribution >= 4 is 0 Å². The molecule has 20 heavy (non-hydrogen) atoms. The van der Waals surface area contributed by atoms with Gasteiger partial charge in [-0.3, -0.25) is 0 Å². The Labute approximate surface area is 126 Å². The number of nitrogens with zero attached hydrogens (tertiary/aromatic N) is 1. The lowest BCUT2D eigenvalue weighted by Gasteiger charge is -2.33. The number of rotatable bonds is 7. The first-order valence-electron chi connectivity index (χ1n) is 9.18. The van der Waals surface area contributed by atoms with E-state index in [1.165, 1.54) is 90.4 Å². The van der Waals surface area contributed by atoms with Crippen LogP contribution in [-0.2, 0) is 0 Å². The molecule has 1 heterocycles. The predicted molar refractivity (Wildman–Crippen MR) is 88.2 cm³/mol. The van der Waals surface area contributed by atoms with Gasteiger partial charge in [-0.25, -0.2) is 0 Å². The molecule has 1 N–H and O–H groups in total. The molecule has 2 heteroatoms. The fourth-order valence-corrected chi connectivity index (χ4v) is 4.04. The number of unbranched alkanes of at least 4 members (excludes halogenated alkanes) is 3. The van der Waals surface area contributed by atoms with E-state index in [2.05, 4.69) is 24.1 Å². The molecular weight excluding hydrogens is 244 g/mol. The molecule has 1 saturated carbocycles. The van der Waals surface area contributed by atoms with Crippen molar-refractivity contribution in [2.24, 2.45) is 5.92 Å². The van der Waals surface area contributed by atoms with Gasteiger partial charge in [-0.2, -0.15) is 0 Å². The first-order valence-corrected chi connectivity index (χ1v) is 9.18. The Morgan fingerprint density at radius 2 is 1.75 bits per heavy atom. The molecule has 0 aromatic heterocycles. The molecule has 0 amide bonds. The second kappa shape index (κ2) is 8.38. The van der Waals surface area contributed by atoms with Crippen molar-refractivity contribution in [2.45, 2.75) is 83.6 Å². The Hall–Kier alpha value is -0.0800. The van der Waals surface area contributed by atoms with Gasteiger partial charge in [0.05, 0.1) is 0 Å². The lowest BCUT2D eigenvalue weighted by Crippen LogP contribution is -2.49. The van der Waals surface area contributed by atoms with Crippen LogP contribution in [0.1, 0.15) is 78.1 Å². The van der Waals surface area contributed by atoms with Crippen LogP contribution >= 0.6 is 0 Å². The molecule has 2 fully saturated rings. The molecule has 0 unspecified atom stereocenters. The quantitative estimate of drug-likeness (QED) is 0.703. The molecule has 2 aliphatic rings. The standard InChI is InChI=1S/C18H36N2/c1-17(2)10-5-3-4-8-14-20-15-9-13-19-18(16-20)11-6-7-12-18/h17,19H,3-16H2,1-2H3. The molecule has 0 aromatic rings. The van der Waals surface area contributed by atoms with Crippen LogP contribution in [0, 0.1) is 5.92 Å². The summed E-state index contributed by atoms with van der Waals surface area (Å²) in [6, 6.07) is 0. The van der Waals surface area contributed by atoms with Crippen molar-refractivity contribution < 1.29 is 0 Å². The molecule has 0 aromatic carbocycles. The van der Waals surface area contributed by atoms with E-state index in [-0.39, 0.29) is 0 Å². The molecule has 2 nitrogen and oxygen atoms in total. The second-order valence-electron chi connectivity index (χ2n) is 7.64. The van der Waals surface area contributed by atoms with Crippen molar-refractivity contribution in [2.75, 3.05) is 26.2 Å². The molecule has 2 rings (SSSR count). The van der Waals surface area contributed by atoms with Crippen LogP contribution in [-0.4, -0.2) is 36.6 Å². The first-order chi connectivity index (χ1) is 9.70. The summed E-state index contributed by atoms with van der Waals surface area (Å²) in [5.41, 5.74) is 0.494. The van der Waals surface area contributed by atoms with Gasteiger partial charge in [0.15, 0.2) is 0 Å². The number of nitrogens with one attached hydrogen (secondary N) is 1. The fraction of sp³-hybridized carbons (Fsp3) is 1.00. The van der Waals surface area contributed by atoms with Crippen LogP contribution < -0.4 is 5.32 Å². The summed E-state index contributed by atoms with van der Waals surface area (Å²) >= 11 is 0. The van der Waals surface area contributed by atoms with Gasteiger partial charge in [-0.1, -0.05) is 52.4 Å². The van der Waals surface area contributed by atoms with Crippen LogP contribution in [0.5, 0.6) is 0 Å². The lowest BCUT2D eigenvalue weighted by atomic mass is 9.97. The van der Waals surface area contributed by atoms with E-state index in [1.807, 2.05) is 0 Å². The van der Waals surface area contributed by atoms with Crippen molar-refractivity contribution in [3.05, 3.63) is 0 Å². The van der Waals surface area contributed by atoms with Crippen LogP contribution in [0.25, 0.3) is 0 Å². The Bertz CT molecular complexity index is 256. The maximum atomic E-state index is 3.87. The van der Waals surface area contributed by atoms with Crippen LogP contribution in [0.15, 0.2) is 0 Å². The third-order valence-electron chi connectivity index (χ3n) is 5.24. The molecule has 1 aliphatic heterocycles. The normalized spacial score (nSPS) is 23.6. The predicted octanol–water partition coefficient (Wildman–Crippen LogP) is 4.20. The maximum Gasteiger partial charge on any atom is 0.0308 e. The summed E-state index contributed by atoms with van der Waals surface area (Å²) in [4.78, 5) is 2.76. The first kappa shape index (κ1) is 16.3. The number of hydrogen-bond acceptors (Lipinski definition) is 2. The topological polar surface area (TPSA) is 15.3 Å². The van der Waals surface area contributed by atoms with Crippen LogP contribution in [0.4, 0.5) is 0 Å². The summed E-state index contributed by atoms with van der Waals surface area (Å²) in [5.74, 6) is 0.883. The van der Waals surface area contributed by atoms with Crippen LogP contribution in [0.3, 0.4) is 0 Å². The smallest absolute Gasteiger partial charge is 0.0308 e. The molecule has 0 radical (unpaired) electrons. The fourth-order valence-electron chi connectivity index (χ4n) is 4.04. The summed E-state index contributed by atoms with van der Waals surface area (Å²) < 4.78 is 0. The summed E-state index contributed by atoms with van der Waals surface area (Å²) in [5, 5.41) is 3.87. The highest BCUT2D eigenvalue weighted by molar-refractivity contribution is 4.96. The van der Waals surface area contributed by atoms with Gasteiger partial charge < -0.3 is 10.2 Å². The van der Waals surface area contributed by atoms with Gasteiger partial charge in [0.1, 0.15) is 0 Å². The summed E-state index contributed by atoms with van der Waals surface area (Å²) in [7, 11) is 0. The zero-order chi connectivity index (χ0) is 14.3. The molecule has 1 aliphatic carbocycles. The minimum atomic E-state index is 0.494. The molecule has 1 saturated heterocycles. The van der Waals surface area contributed by atoms with Crippen molar-refractivity contribution in [1.82, 2.24) is 10.2 Å². The Kier molecular flexibility index (Phi) is 6.83. The molecular formula is C18H36N2. The third kappa shape index (κ3) is 5.37. The lowest BCUT2D eigenvalue weighted by molar-refractivity contribution is 0.206. The van der Waals surface area contributed by atoms with Gasteiger partial charge >= 0.3 is 0 Å². The van der Waals surface area contributed by atoms with E-state index < -0.39 is 0 Å². The largest absolute Gasteiger partial charge is 0.310 e. The van der Waals surface area contributed by atoms with Gasteiger partial charge in [-0.15, -0.1) is 0 Å². The molecule has 0 atom stereocenters. The highest BCUT2D eigenvalue weighted by atomic mass is 15.2. The van der Waals surface area contributed by atoms with Gasteiger partial charge in [0, 0.05) is 12.1 Å². The van der Waals surface area contributed by atoms with E-state index in [4.69, 9.17) is 0 Å². The Morgan fingerprint density at radius 1 is 1.00 bits per heavy atom. The van der Waals surface area contributed by atoms with Gasteiger partial charge in [0.25, 0.3) is 0 Å². The van der Waals surface area contributed by atoms with Crippen molar-refractivity contribution in [1.29, 1.82) is 0 Å². The summed E-state index contributed by atoms with van der Waals surface area (Å²) in [6.07, 6.45) is 14.2. The summed E-state index contributed by atoms with van der Waals surface area (Å²) in [6.45, 7) is 9.90. The minimum Gasteiger partial charge on any atom is -0.310 e. The second-order valence-corrected chi connectivity index (χ2v) is 7.64. The van der Waals surface area contributed by atoms with Crippen LogP contribution in [0.2, 0.25) is 0 Å². The average molecular weight is 280 g/mol. The third-order valence-corrected chi connectivity index (χ3v) is 5.24. The van der Waals surface area contributed by atoms with E-state index in [1.54, 1.807) is 0 Å². The van der Waals surface area contributed by atoms with E-state index in [0.717, 1.165) is 5.92 Å². The van der Waals surface area contributed by atoms with E-state index in [9.17, 15) is 0 Å². The zero-order valence-corrected chi connectivity index (χ0v) is 13.9. The molecule has 1 spiro atoms. The van der Waals surface area contributed by atoms with Gasteiger partial charge in [-0.05, 0) is 51.2 Å². The SMILES string of the molecule is CC(C)CCCCCCN1CCCNC2(CCCC2)C1.